The van der Waals surface area contributed by atoms with E-state index in [2.05, 4.69) is 12.2 Å². The van der Waals surface area contributed by atoms with E-state index in [4.69, 9.17) is 14.2 Å². The maximum Gasteiger partial charge on any atom is 0.165 e. The van der Waals surface area contributed by atoms with Gasteiger partial charge in [0.25, 0.3) is 0 Å². The molecule has 2 heterocycles. The first-order chi connectivity index (χ1) is 7.45. The summed E-state index contributed by atoms with van der Waals surface area (Å²) in [6.07, 6.45) is 11.4. The number of allylic oxidation sites excluding steroid dienone is 2. The van der Waals surface area contributed by atoms with Crippen LogP contribution in [0.3, 0.4) is 0 Å². The normalized spacial score (nSPS) is 28.3. The van der Waals surface area contributed by atoms with Crippen LogP contribution in [0.15, 0.2) is 47.8 Å². The van der Waals surface area contributed by atoms with Crippen molar-refractivity contribution in [3.8, 4) is 0 Å². The highest BCUT2D eigenvalue weighted by molar-refractivity contribution is 5.43. The Morgan fingerprint density at radius 1 is 1.27 bits per heavy atom. The molecule has 3 nitrogen and oxygen atoms in total. The van der Waals surface area contributed by atoms with Gasteiger partial charge in [-0.1, -0.05) is 12.2 Å². The van der Waals surface area contributed by atoms with Crippen LogP contribution in [0.2, 0.25) is 0 Å². The number of epoxide rings is 1. The smallest absolute Gasteiger partial charge is 0.165 e. The van der Waals surface area contributed by atoms with Gasteiger partial charge in [0.2, 0.25) is 0 Å². The molecule has 1 atom stereocenters. The van der Waals surface area contributed by atoms with E-state index in [9.17, 15) is 0 Å². The molecule has 2 aliphatic heterocycles. The van der Waals surface area contributed by atoms with Crippen molar-refractivity contribution in [1.82, 2.24) is 0 Å². The van der Waals surface area contributed by atoms with E-state index >= 15 is 0 Å². The molecule has 1 aliphatic carbocycles. The van der Waals surface area contributed by atoms with E-state index < -0.39 is 0 Å². The SMILES string of the molecule is C1=CC(C2CO2)=C(C2=COC=CO2)CC1. The molecule has 3 aliphatic rings. The standard InChI is InChI=1S/C12H12O3/c1-2-4-10(12-8-15-12)9(3-1)11-7-13-5-6-14-11/h2,4-7,12H,1,3,8H2. The summed E-state index contributed by atoms with van der Waals surface area (Å²) in [6.45, 7) is 0.827. The highest BCUT2D eigenvalue weighted by atomic mass is 16.6. The fourth-order valence-electron chi connectivity index (χ4n) is 1.88. The summed E-state index contributed by atoms with van der Waals surface area (Å²) in [6, 6.07) is 0. The van der Waals surface area contributed by atoms with Gasteiger partial charge in [-0.3, -0.25) is 0 Å². The summed E-state index contributed by atoms with van der Waals surface area (Å²) in [4.78, 5) is 0. The van der Waals surface area contributed by atoms with Crippen LogP contribution in [0, 0.1) is 0 Å². The minimum Gasteiger partial charge on any atom is -0.466 e. The average Bonchev–Trinajstić information content (AvgIpc) is 3.14. The summed E-state index contributed by atoms with van der Waals surface area (Å²) in [5.41, 5.74) is 2.45. The van der Waals surface area contributed by atoms with Gasteiger partial charge in [-0.15, -0.1) is 0 Å². The third-order valence-electron chi connectivity index (χ3n) is 2.69. The molecule has 0 spiro atoms. The molecule has 78 valence electrons. The molecule has 0 radical (unpaired) electrons. The quantitative estimate of drug-likeness (QED) is 0.647. The van der Waals surface area contributed by atoms with Crippen molar-refractivity contribution >= 4 is 0 Å². The lowest BCUT2D eigenvalue weighted by Gasteiger charge is -2.18. The second kappa shape index (κ2) is 3.59. The molecule has 0 saturated carbocycles. The largest absolute Gasteiger partial charge is 0.466 e. The van der Waals surface area contributed by atoms with E-state index in [0.717, 1.165) is 25.2 Å². The number of ether oxygens (including phenoxy) is 3. The van der Waals surface area contributed by atoms with E-state index in [1.165, 1.54) is 17.4 Å². The lowest BCUT2D eigenvalue weighted by molar-refractivity contribution is 0.261. The molecule has 3 heteroatoms. The van der Waals surface area contributed by atoms with E-state index in [1.807, 2.05) is 0 Å². The maximum atomic E-state index is 5.43. The first-order valence-electron chi connectivity index (χ1n) is 5.14. The molecule has 0 bridgehead atoms. The minimum absolute atomic E-state index is 0.270. The molecule has 3 rings (SSSR count). The molecule has 1 fully saturated rings. The molecule has 0 aromatic heterocycles. The molecule has 15 heavy (non-hydrogen) atoms. The Bertz CT molecular complexity index is 384. The first-order valence-corrected chi connectivity index (χ1v) is 5.14. The predicted molar refractivity (Wildman–Crippen MR) is 54.5 cm³/mol. The molecule has 0 aromatic rings. The topological polar surface area (TPSA) is 31.0 Å². The van der Waals surface area contributed by atoms with Crippen molar-refractivity contribution < 1.29 is 14.2 Å². The van der Waals surface area contributed by atoms with Gasteiger partial charge in [0.15, 0.2) is 5.76 Å². The van der Waals surface area contributed by atoms with Gasteiger partial charge in [-0.2, -0.15) is 0 Å². The summed E-state index contributed by atoms with van der Waals surface area (Å²) < 4.78 is 15.9. The molecule has 1 unspecified atom stereocenters. The molecule has 1 saturated heterocycles. The van der Waals surface area contributed by atoms with Crippen LogP contribution >= 0.6 is 0 Å². The van der Waals surface area contributed by atoms with Gasteiger partial charge in [0, 0.05) is 5.57 Å². The Balaban J connectivity index is 1.92. The number of hydrogen-bond acceptors (Lipinski definition) is 3. The van der Waals surface area contributed by atoms with Gasteiger partial charge >= 0.3 is 0 Å². The minimum atomic E-state index is 0.270. The van der Waals surface area contributed by atoms with Crippen molar-refractivity contribution in [2.24, 2.45) is 0 Å². The zero-order valence-electron chi connectivity index (χ0n) is 8.31. The average molecular weight is 204 g/mol. The number of hydrogen-bond donors (Lipinski definition) is 0. The second-order valence-corrected chi connectivity index (χ2v) is 3.71. The third-order valence-corrected chi connectivity index (χ3v) is 2.69. The van der Waals surface area contributed by atoms with Crippen LogP contribution < -0.4 is 0 Å². The Kier molecular flexibility index (Phi) is 2.10. The highest BCUT2D eigenvalue weighted by Crippen LogP contribution is 2.34. The van der Waals surface area contributed by atoms with Crippen LogP contribution in [0.4, 0.5) is 0 Å². The van der Waals surface area contributed by atoms with Crippen molar-refractivity contribution in [3.05, 3.63) is 47.8 Å². The first kappa shape index (κ1) is 8.80. The summed E-state index contributed by atoms with van der Waals surface area (Å²) in [5.74, 6) is 0.812. The second-order valence-electron chi connectivity index (χ2n) is 3.71. The zero-order valence-corrected chi connectivity index (χ0v) is 8.31. The third kappa shape index (κ3) is 1.70. The molecule has 0 N–H and O–H groups in total. The fraction of sp³-hybridized carbons (Fsp3) is 0.333. The van der Waals surface area contributed by atoms with Gasteiger partial charge in [-0.25, -0.2) is 0 Å². The monoisotopic (exact) mass is 204 g/mol. The summed E-state index contributed by atoms with van der Waals surface area (Å²) in [7, 11) is 0. The van der Waals surface area contributed by atoms with E-state index in [-0.39, 0.29) is 6.10 Å². The van der Waals surface area contributed by atoms with Crippen molar-refractivity contribution in [1.29, 1.82) is 0 Å². The molecular formula is C12H12O3. The highest BCUT2D eigenvalue weighted by Gasteiger charge is 2.30. The molecule has 0 aromatic carbocycles. The lowest BCUT2D eigenvalue weighted by Crippen LogP contribution is -2.06. The van der Waals surface area contributed by atoms with Crippen LogP contribution in [0.25, 0.3) is 0 Å². The van der Waals surface area contributed by atoms with Crippen LogP contribution in [0.5, 0.6) is 0 Å². The van der Waals surface area contributed by atoms with E-state index in [1.54, 1.807) is 12.5 Å². The maximum absolute atomic E-state index is 5.43. The van der Waals surface area contributed by atoms with Gasteiger partial charge < -0.3 is 14.2 Å². The van der Waals surface area contributed by atoms with Crippen molar-refractivity contribution in [3.63, 3.8) is 0 Å². The Morgan fingerprint density at radius 2 is 2.20 bits per heavy atom. The van der Waals surface area contributed by atoms with Crippen LogP contribution in [-0.2, 0) is 14.2 Å². The van der Waals surface area contributed by atoms with Gasteiger partial charge in [0.05, 0.1) is 6.61 Å². The Labute approximate surface area is 88.3 Å². The zero-order chi connectivity index (χ0) is 10.1. The summed E-state index contributed by atoms with van der Waals surface area (Å²) >= 11 is 0. The van der Waals surface area contributed by atoms with Crippen molar-refractivity contribution in [2.75, 3.05) is 6.61 Å². The Hall–Kier alpha value is -1.48. The van der Waals surface area contributed by atoms with Gasteiger partial charge in [0.1, 0.15) is 24.9 Å². The molecule has 0 amide bonds. The lowest BCUT2D eigenvalue weighted by atomic mass is 9.94. The fourth-order valence-corrected chi connectivity index (χ4v) is 1.88. The van der Waals surface area contributed by atoms with E-state index in [0.29, 0.717) is 0 Å². The van der Waals surface area contributed by atoms with Crippen LogP contribution in [0.1, 0.15) is 12.8 Å². The Morgan fingerprint density at radius 3 is 2.93 bits per heavy atom. The number of rotatable bonds is 2. The molecular weight excluding hydrogens is 192 g/mol. The van der Waals surface area contributed by atoms with Crippen molar-refractivity contribution in [2.45, 2.75) is 18.9 Å². The summed E-state index contributed by atoms with van der Waals surface area (Å²) in [5, 5.41) is 0. The van der Waals surface area contributed by atoms with Gasteiger partial charge in [-0.05, 0) is 18.4 Å². The van der Waals surface area contributed by atoms with Crippen LogP contribution in [-0.4, -0.2) is 12.7 Å². The predicted octanol–water partition coefficient (Wildman–Crippen LogP) is 2.39.